The zero-order chi connectivity index (χ0) is 18.6. The van der Waals surface area contributed by atoms with Crippen molar-refractivity contribution in [2.75, 3.05) is 5.32 Å². The van der Waals surface area contributed by atoms with Crippen LogP contribution >= 0.6 is 0 Å². The van der Waals surface area contributed by atoms with Crippen LogP contribution in [-0.4, -0.2) is 17.9 Å². The average Bonchev–Trinajstić information content (AvgIpc) is 2.55. The van der Waals surface area contributed by atoms with Crippen LogP contribution < -0.4 is 10.6 Å². The zero-order valence-corrected chi connectivity index (χ0v) is 14.9. The van der Waals surface area contributed by atoms with Gasteiger partial charge < -0.3 is 10.6 Å². The van der Waals surface area contributed by atoms with E-state index in [1.54, 1.807) is 24.3 Å². The molecule has 0 aliphatic carbocycles. The molecule has 5 heteroatoms. The second-order valence-corrected chi connectivity index (χ2v) is 6.48. The molecule has 2 N–H and O–H groups in total. The molecular weight excluding hydrogens is 319 g/mol. The number of hydrogen-bond donors (Lipinski definition) is 2. The van der Waals surface area contributed by atoms with Gasteiger partial charge in [0.1, 0.15) is 11.9 Å². The van der Waals surface area contributed by atoms with Crippen molar-refractivity contribution >= 4 is 17.5 Å². The predicted molar refractivity (Wildman–Crippen MR) is 97.0 cm³/mol. The van der Waals surface area contributed by atoms with Crippen molar-refractivity contribution in [2.45, 2.75) is 33.7 Å². The number of rotatable bonds is 5. The first-order chi connectivity index (χ1) is 11.8. The first-order valence-electron chi connectivity index (χ1n) is 8.23. The summed E-state index contributed by atoms with van der Waals surface area (Å²) in [4.78, 5) is 25.1. The molecule has 1 atom stereocenters. The number of benzene rings is 2. The van der Waals surface area contributed by atoms with Crippen molar-refractivity contribution in [3.05, 3.63) is 65.0 Å². The van der Waals surface area contributed by atoms with E-state index in [2.05, 4.69) is 10.6 Å². The monoisotopic (exact) mass is 342 g/mol. The summed E-state index contributed by atoms with van der Waals surface area (Å²) in [5.74, 6) is -1.43. The third-order valence-electron chi connectivity index (χ3n) is 4.01. The van der Waals surface area contributed by atoms with E-state index in [9.17, 15) is 14.0 Å². The summed E-state index contributed by atoms with van der Waals surface area (Å²) in [7, 11) is 0. The van der Waals surface area contributed by atoms with E-state index >= 15 is 0 Å². The Bertz CT molecular complexity index is 787. The van der Waals surface area contributed by atoms with Crippen LogP contribution in [0.15, 0.2) is 42.5 Å². The molecule has 132 valence electrons. The lowest BCUT2D eigenvalue weighted by atomic mass is 10.0. The first-order valence-corrected chi connectivity index (χ1v) is 8.23. The average molecular weight is 342 g/mol. The minimum Gasteiger partial charge on any atom is -0.340 e. The standard InChI is InChI=1S/C20H23FN2O2/c1-12(2)18(23-19(24)15-8-6-5-7-14(15)4)20(25)22-17-11-13(3)9-10-16(17)21/h5-12,18H,1-4H3,(H,22,25)(H,23,24). The van der Waals surface area contributed by atoms with E-state index in [4.69, 9.17) is 0 Å². The van der Waals surface area contributed by atoms with Gasteiger partial charge in [0, 0.05) is 5.56 Å². The van der Waals surface area contributed by atoms with Gasteiger partial charge in [0.2, 0.25) is 5.91 Å². The van der Waals surface area contributed by atoms with Crippen LogP contribution in [0.1, 0.15) is 35.3 Å². The Balaban J connectivity index is 2.17. The molecule has 2 rings (SSSR count). The Morgan fingerprint density at radius 2 is 1.72 bits per heavy atom. The van der Waals surface area contributed by atoms with E-state index in [0.29, 0.717) is 5.56 Å². The minimum absolute atomic E-state index is 0.112. The van der Waals surface area contributed by atoms with E-state index < -0.39 is 17.8 Å². The van der Waals surface area contributed by atoms with Crippen LogP contribution in [0.4, 0.5) is 10.1 Å². The fourth-order valence-corrected chi connectivity index (χ4v) is 2.53. The highest BCUT2D eigenvalue weighted by molar-refractivity contribution is 6.02. The molecule has 0 saturated carbocycles. The Morgan fingerprint density at radius 3 is 2.36 bits per heavy atom. The summed E-state index contributed by atoms with van der Waals surface area (Å²) in [6.45, 7) is 7.31. The van der Waals surface area contributed by atoms with Gasteiger partial charge in [-0.3, -0.25) is 9.59 Å². The quantitative estimate of drug-likeness (QED) is 0.867. The van der Waals surface area contributed by atoms with Crippen molar-refractivity contribution in [1.82, 2.24) is 5.32 Å². The van der Waals surface area contributed by atoms with Gasteiger partial charge >= 0.3 is 0 Å². The van der Waals surface area contributed by atoms with Gasteiger partial charge in [0.25, 0.3) is 5.91 Å². The van der Waals surface area contributed by atoms with Gasteiger partial charge in [-0.25, -0.2) is 4.39 Å². The Kier molecular flexibility index (Phi) is 5.91. The number of anilines is 1. The molecule has 0 aliphatic heterocycles. The maximum atomic E-state index is 13.9. The van der Waals surface area contributed by atoms with Gasteiger partial charge in [-0.1, -0.05) is 38.1 Å². The third kappa shape index (κ3) is 4.66. The summed E-state index contributed by atoms with van der Waals surface area (Å²) >= 11 is 0. The van der Waals surface area contributed by atoms with Gasteiger partial charge in [-0.15, -0.1) is 0 Å². The van der Waals surface area contributed by atoms with Crippen LogP contribution in [0.3, 0.4) is 0 Å². The molecule has 2 amide bonds. The highest BCUT2D eigenvalue weighted by atomic mass is 19.1. The van der Waals surface area contributed by atoms with E-state index in [1.165, 1.54) is 6.07 Å². The Hall–Kier alpha value is -2.69. The molecule has 4 nitrogen and oxygen atoms in total. The molecule has 2 aromatic rings. The molecule has 0 fully saturated rings. The summed E-state index contributed by atoms with van der Waals surface area (Å²) in [5, 5.41) is 5.33. The molecule has 0 bridgehead atoms. The number of nitrogens with one attached hydrogen (secondary N) is 2. The van der Waals surface area contributed by atoms with E-state index in [1.807, 2.05) is 39.8 Å². The highest BCUT2D eigenvalue weighted by Crippen LogP contribution is 2.17. The molecule has 0 radical (unpaired) electrons. The smallest absolute Gasteiger partial charge is 0.252 e. The van der Waals surface area contributed by atoms with E-state index in [0.717, 1.165) is 11.1 Å². The van der Waals surface area contributed by atoms with Gasteiger partial charge in [0.15, 0.2) is 0 Å². The molecule has 0 spiro atoms. The maximum Gasteiger partial charge on any atom is 0.252 e. The van der Waals surface area contributed by atoms with E-state index in [-0.39, 0.29) is 17.5 Å². The number of halogens is 1. The fraction of sp³-hybridized carbons (Fsp3) is 0.300. The van der Waals surface area contributed by atoms with Crippen LogP contribution in [0.25, 0.3) is 0 Å². The molecular formula is C20H23FN2O2. The SMILES string of the molecule is Cc1ccc(F)c(NC(=O)C(NC(=O)c2ccccc2C)C(C)C)c1. The van der Waals surface area contributed by atoms with Crippen molar-refractivity contribution in [3.8, 4) is 0 Å². The summed E-state index contributed by atoms with van der Waals surface area (Å²) < 4.78 is 13.9. The van der Waals surface area contributed by atoms with Crippen LogP contribution in [0, 0.1) is 25.6 Å². The second kappa shape index (κ2) is 7.92. The fourth-order valence-electron chi connectivity index (χ4n) is 2.53. The van der Waals surface area contributed by atoms with Crippen molar-refractivity contribution in [2.24, 2.45) is 5.92 Å². The predicted octanol–water partition coefficient (Wildman–Crippen LogP) is 3.84. The molecule has 2 aromatic carbocycles. The first kappa shape index (κ1) is 18.6. The lowest BCUT2D eigenvalue weighted by Crippen LogP contribution is -2.47. The van der Waals surface area contributed by atoms with Gasteiger partial charge in [-0.05, 0) is 49.1 Å². The molecule has 0 heterocycles. The molecule has 0 aliphatic rings. The number of hydrogen-bond acceptors (Lipinski definition) is 2. The lowest BCUT2D eigenvalue weighted by Gasteiger charge is -2.22. The molecule has 0 saturated heterocycles. The van der Waals surface area contributed by atoms with Gasteiger partial charge in [-0.2, -0.15) is 0 Å². The maximum absolute atomic E-state index is 13.9. The Morgan fingerprint density at radius 1 is 1.04 bits per heavy atom. The van der Waals surface area contributed by atoms with Crippen molar-refractivity contribution < 1.29 is 14.0 Å². The number of carbonyl (C=O) groups excluding carboxylic acids is 2. The largest absolute Gasteiger partial charge is 0.340 e. The highest BCUT2D eigenvalue weighted by Gasteiger charge is 2.25. The molecule has 25 heavy (non-hydrogen) atoms. The van der Waals surface area contributed by atoms with Crippen LogP contribution in [-0.2, 0) is 4.79 Å². The third-order valence-corrected chi connectivity index (χ3v) is 4.01. The number of aryl methyl sites for hydroxylation is 2. The van der Waals surface area contributed by atoms with Gasteiger partial charge in [0.05, 0.1) is 5.69 Å². The van der Waals surface area contributed by atoms with Crippen molar-refractivity contribution in [3.63, 3.8) is 0 Å². The van der Waals surface area contributed by atoms with Crippen molar-refractivity contribution in [1.29, 1.82) is 0 Å². The van der Waals surface area contributed by atoms with Crippen LogP contribution in [0.2, 0.25) is 0 Å². The summed E-state index contributed by atoms with van der Waals surface area (Å²) in [5.41, 5.74) is 2.29. The molecule has 1 unspecified atom stereocenters. The summed E-state index contributed by atoms with van der Waals surface area (Å²) in [6, 6.07) is 10.9. The lowest BCUT2D eigenvalue weighted by molar-refractivity contribution is -0.118. The molecule has 0 aromatic heterocycles. The topological polar surface area (TPSA) is 58.2 Å². The second-order valence-electron chi connectivity index (χ2n) is 6.48. The zero-order valence-electron chi connectivity index (χ0n) is 14.9. The number of amides is 2. The normalized spacial score (nSPS) is 11.9. The summed E-state index contributed by atoms with van der Waals surface area (Å²) in [6.07, 6.45) is 0. The van der Waals surface area contributed by atoms with Crippen LogP contribution in [0.5, 0.6) is 0 Å². The minimum atomic E-state index is -0.771. The number of carbonyl (C=O) groups is 2. The Labute approximate surface area is 147 Å².